The van der Waals surface area contributed by atoms with Gasteiger partial charge < -0.3 is 23.8 Å². The number of nitrogens with zero attached hydrogens (tertiary/aromatic N) is 2. The first-order valence-corrected chi connectivity index (χ1v) is 11.1. The van der Waals surface area contributed by atoms with Crippen LogP contribution in [0, 0.1) is 0 Å². The molecule has 0 aliphatic carbocycles. The first-order valence-electron chi connectivity index (χ1n) is 11.1. The van der Waals surface area contributed by atoms with Crippen LogP contribution in [0.5, 0.6) is 23.0 Å². The standard InChI is InChI=1S/C25H32N2O5/c1-5-20-15-26(13-19-10-21(29-2)6-7-22(19)32-20)16-25(28)27-9-8-17-11-23(30-3)24(31-4)12-18(17)14-27/h6-7,10-12,20H,5,8-9,13-16H2,1-4H3. The Morgan fingerprint density at radius 3 is 2.44 bits per heavy atom. The lowest BCUT2D eigenvalue weighted by Crippen LogP contribution is -2.44. The van der Waals surface area contributed by atoms with Crippen LogP contribution in [0.4, 0.5) is 0 Å². The molecular weight excluding hydrogens is 408 g/mol. The molecule has 2 aliphatic rings. The molecule has 4 rings (SSSR count). The van der Waals surface area contributed by atoms with Gasteiger partial charge in [0.2, 0.25) is 5.91 Å². The van der Waals surface area contributed by atoms with E-state index in [0.29, 0.717) is 38.5 Å². The number of rotatable bonds is 6. The fraction of sp³-hybridized carbons (Fsp3) is 0.480. The molecule has 172 valence electrons. The molecule has 2 heterocycles. The second-order valence-corrected chi connectivity index (χ2v) is 8.33. The summed E-state index contributed by atoms with van der Waals surface area (Å²) in [6.45, 7) is 5.13. The molecule has 1 atom stereocenters. The van der Waals surface area contributed by atoms with E-state index in [1.165, 1.54) is 5.56 Å². The smallest absolute Gasteiger partial charge is 0.237 e. The monoisotopic (exact) mass is 440 g/mol. The van der Waals surface area contributed by atoms with Gasteiger partial charge in [-0.05, 0) is 54.3 Å². The van der Waals surface area contributed by atoms with Gasteiger partial charge in [0.25, 0.3) is 0 Å². The Kier molecular flexibility index (Phi) is 6.74. The van der Waals surface area contributed by atoms with Crippen molar-refractivity contribution in [3.63, 3.8) is 0 Å². The molecule has 7 heteroatoms. The summed E-state index contributed by atoms with van der Waals surface area (Å²) in [4.78, 5) is 17.4. The number of hydrogen-bond acceptors (Lipinski definition) is 6. The number of fused-ring (bicyclic) bond motifs is 2. The summed E-state index contributed by atoms with van der Waals surface area (Å²) in [7, 11) is 4.94. The van der Waals surface area contributed by atoms with Gasteiger partial charge in [0.15, 0.2) is 11.5 Å². The van der Waals surface area contributed by atoms with Gasteiger partial charge in [-0.3, -0.25) is 9.69 Å². The molecule has 0 fully saturated rings. The average molecular weight is 441 g/mol. The van der Waals surface area contributed by atoms with Crippen molar-refractivity contribution in [3.05, 3.63) is 47.0 Å². The van der Waals surface area contributed by atoms with Crippen LogP contribution in [-0.4, -0.2) is 62.8 Å². The van der Waals surface area contributed by atoms with Crippen molar-refractivity contribution in [2.45, 2.75) is 39.0 Å². The van der Waals surface area contributed by atoms with Gasteiger partial charge in [-0.25, -0.2) is 0 Å². The van der Waals surface area contributed by atoms with Gasteiger partial charge in [-0.15, -0.1) is 0 Å². The van der Waals surface area contributed by atoms with Gasteiger partial charge in [0.1, 0.15) is 17.6 Å². The van der Waals surface area contributed by atoms with Gasteiger partial charge in [0, 0.05) is 31.7 Å². The normalized spacial score (nSPS) is 18.1. The Balaban J connectivity index is 1.48. The number of carbonyl (C=O) groups is 1. The molecular formula is C25H32N2O5. The zero-order valence-electron chi connectivity index (χ0n) is 19.3. The summed E-state index contributed by atoms with van der Waals surface area (Å²) >= 11 is 0. The van der Waals surface area contributed by atoms with E-state index in [-0.39, 0.29) is 12.0 Å². The lowest BCUT2D eigenvalue weighted by atomic mass is 9.98. The van der Waals surface area contributed by atoms with Crippen molar-refractivity contribution in [3.8, 4) is 23.0 Å². The van der Waals surface area contributed by atoms with E-state index in [0.717, 1.165) is 41.2 Å². The molecule has 1 amide bonds. The van der Waals surface area contributed by atoms with Gasteiger partial charge in [-0.1, -0.05) is 6.92 Å². The second-order valence-electron chi connectivity index (χ2n) is 8.33. The van der Waals surface area contributed by atoms with Crippen LogP contribution in [0.25, 0.3) is 0 Å². The second kappa shape index (κ2) is 9.69. The van der Waals surface area contributed by atoms with E-state index in [1.807, 2.05) is 35.2 Å². The molecule has 32 heavy (non-hydrogen) atoms. The summed E-state index contributed by atoms with van der Waals surface area (Å²) in [5, 5.41) is 0. The average Bonchev–Trinajstić information content (AvgIpc) is 3.00. The summed E-state index contributed by atoms with van der Waals surface area (Å²) < 4.78 is 22.5. The minimum Gasteiger partial charge on any atom is -0.497 e. The highest BCUT2D eigenvalue weighted by Gasteiger charge is 2.28. The zero-order chi connectivity index (χ0) is 22.7. The van der Waals surface area contributed by atoms with Gasteiger partial charge in [0.05, 0.1) is 27.9 Å². The van der Waals surface area contributed by atoms with E-state index in [4.69, 9.17) is 18.9 Å². The van der Waals surface area contributed by atoms with Crippen LogP contribution >= 0.6 is 0 Å². The largest absolute Gasteiger partial charge is 0.497 e. The molecule has 0 N–H and O–H groups in total. The van der Waals surface area contributed by atoms with Crippen molar-refractivity contribution in [1.82, 2.24) is 9.80 Å². The van der Waals surface area contributed by atoms with Crippen molar-refractivity contribution in [2.24, 2.45) is 0 Å². The van der Waals surface area contributed by atoms with Crippen LogP contribution in [0.2, 0.25) is 0 Å². The maximum Gasteiger partial charge on any atom is 0.237 e. The van der Waals surface area contributed by atoms with Crippen molar-refractivity contribution in [2.75, 3.05) is 41.0 Å². The van der Waals surface area contributed by atoms with E-state index in [1.54, 1.807) is 21.3 Å². The number of benzene rings is 2. The Morgan fingerprint density at radius 2 is 1.75 bits per heavy atom. The molecule has 0 bridgehead atoms. The number of carbonyl (C=O) groups excluding carboxylic acids is 1. The number of hydrogen-bond donors (Lipinski definition) is 0. The lowest BCUT2D eigenvalue weighted by Gasteiger charge is -2.32. The molecule has 0 spiro atoms. The maximum atomic E-state index is 13.3. The molecule has 0 aromatic heterocycles. The van der Waals surface area contributed by atoms with E-state index >= 15 is 0 Å². The summed E-state index contributed by atoms with van der Waals surface area (Å²) in [5.41, 5.74) is 3.37. The minimum atomic E-state index is 0.0521. The van der Waals surface area contributed by atoms with Gasteiger partial charge in [-0.2, -0.15) is 0 Å². The van der Waals surface area contributed by atoms with Gasteiger partial charge >= 0.3 is 0 Å². The van der Waals surface area contributed by atoms with Crippen LogP contribution < -0.4 is 18.9 Å². The fourth-order valence-electron chi connectivity index (χ4n) is 4.45. The van der Waals surface area contributed by atoms with E-state index in [2.05, 4.69) is 11.8 Å². The molecule has 7 nitrogen and oxygen atoms in total. The Labute approximate surface area is 189 Å². The van der Waals surface area contributed by atoms with Crippen LogP contribution in [0.1, 0.15) is 30.0 Å². The van der Waals surface area contributed by atoms with E-state index < -0.39 is 0 Å². The third-order valence-corrected chi connectivity index (χ3v) is 6.30. The number of amides is 1. The molecule has 0 saturated carbocycles. The van der Waals surface area contributed by atoms with Crippen molar-refractivity contribution < 1.29 is 23.7 Å². The van der Waals surface area contributed by atoms with Crippen molar-refractivity contribution in [1.29, 1.82) is 0 Å². The third kappa shape index (κ3) is 4.63. The Bertz CT molecular complexity index is 977. The first kappa shape index (κ1) is 22.3. The Morgan fingerprint density at radius 1 is 1.00 bits per heavy atom. The minimum absolute atomic E-state index is 0.0521. The number of ether oxygens (including phenoxy) is 4. The zero-order valence-corrected chi connectivity index (χ0v) is 19.3. The Hall–Kier alpha value is -2.93. The fourth-order valence-corrected chi connectivity index (χ4v) is 4.45. The highest BCUT2D eigenvalue weighted by atomic mass is 16.5. The first-order chi connectivity index (χ1) is 15.5. The molecule has 0 radical (unpaired) electrons. The van der Waals surface area contributed by atoms with Crippen molar-refractivity contribution >= 4 is 5.91 Å². The lowest BCUT2D eigenvalue weighted by molar-refractivity contribution is -0.133. The van der Waals surface area contributed by atoms with Crippen LogP contribution in [0.3, 0.4) is 0 Å². The summed E-state index contributed by atoms with van der Waals surface area (Å²) in [6.07, 6.45) is 1.74. The summed E-state index contributed by atoms with van der Waals surface area (Å²) in [6, 6.07) is 9.90. The molecule has 2 aromatic rings. The maximum absolute atomic E-state index is 13.3. The highest BCUT2D eigenvalue weighted by molar-refractivity contribution is 5.78. The quantitative estimate of drug-likeness (QED) is 0.687. The SMILES string of the molecule is CCC1CN(CC(=O)N2CCc3cc(OC)c(OC)cc3C2)Cc2cc(OC)ccc2O1. The molecule has 2 aliphatic heterocycles. The summed E-state index contributed by atoms with van der Waals surface area (Å²) in [5.74, 6) is 3.23. The van der Waals surface area contributed by atoms with Crippen LogP contribution in [0.15, 0.2) is 30.3 Å². The molecule has 1 unspecified atom stereocenters. The molecule has 2 aromatic carbocycles. The highest BCUT2D eigenvalue weighted by Crippen LogP contribution is 2.34. The predicted octanol–water partition coefficient (Wildman–Crippen LogP) is 3.27. The number of methoxy groups -OCH3 is 3. The topological polar surface area (TPSA) is 60.5 Å². The van der Waals surface area contributed by atoms with E-state index in [9.17, 15) is 4.79 Å². The third-order valence-electron chi connectivity index (χ3n) is 6.30. The predicted molar refractivity (Wildman–Crippen MR) is 122 cm³/mol. The van der Waals surface area contributed by atoms with Crippen LogP contribution in [-0.2, 0) is 24.3 Å². The molecule has 0 saturated heterocycles.